The fourth-order valence-corrected chi connectivity index (χ4v) is 2.50. The Hall–Kier alpha value is -0.800. The standard InChI is InChI=1S/C14H13Br2N/c1-10(11-4-2-5-12(15)8-11)17-14-7-3-6-13(16)9-14/h2-10,17H,1H3. The van der Waals surface area contributed by atoms with Gasteiger partial charge in [0, 0.05) is 20.7 Å². The van der Waals surface area contributed by atoms with E-state index < -0.39 is 0 Å². The van der Waals surface area contributed by atoms with Gasteiger partial charge in [-0.1, -0.05) is 50.1 Å². The van der Waals surface area contributed by atoms with Crippen LogP contribution in [0.25, 0.3) is 0 Å². The molecule has 1 atom stereocenters. The first-order chi connectivity index (χ1) is 8.15. The lowest BCUT2D eigenvalue weighted by atomic mass is 10.1. The second-order valence-electron chi connectivity index (χ2n) is 3.93. The molecule has 0 spiro atoms. The van der Waals surface area contributed by atoms with E-state index in [1.54, 1.807) is 0 Å². The van der Waals surface area contributed by atoms with Gasteiger partial charge in [-0.15, -0.1) is 0 Å². The highest BCUT2D eigenvalue weighted by atomic mass is 79.9. The van der Waals surface area contributed by atoms with Gasteiger partial charge in [0.2, 0.25) is 0 Å². The topological polar surface area (TPSA) is 12.0 Å². The molecule has 17 heavy (non-hydrogen) atoms. The zero-order valence-corrected chi connectivity index (χ0v) is 12.6. The van der Waals surface area contributed by atoms with E-state index in [1.807, 2.05) is 18.2 Å². The van der Waals surface area contributed by atoms with E-state index in [9.17, 15) is 0 Å². The van der Waals surface area contributed by atoms with Crippen molar-refractivity contribution < 1.29 is 0 Å². The first-order valence-electron chi connectivity index (χ1n) is 5.43. The van der Waals surface area contributed by atoms with Gasteiger partial charge in [0.25, 0.3) is 0 Å². The Bertz CT molecular complexity index is 511. The Labute approximate surface area is 119 Å². The quantitative estimate of drug-likeness (QED) is 0.779. The van der Waals surface area contributed by atoms with Crippen LogP contribution in [-0.2, 0) is 0 Å². The summed E-state index contributed by atoms with van der Waals surface area (Å²) >= 11 is 6.96. The predicted molar refractivity (Wildman–Crippen MR) is 80.3 cm³/mol. The van der Waals surface area contributed by atoms with Crippen molar-refractivity contribution in [1.82, 2.24) is 0 Å². The zero-order chi connectivity index (χ0) is 12.3. The van der Waals surface area contributed by atoms with Gasteiger partial charge >= 0.3 is 0 Å². The molecule has 0 aliphatic carbocycles. The van der Waals surface area contributed by atoms with Crippen LogP contribution in [0.1, 0.15) is 18.5 Å². The summed E-state index contributed by atoms with van der Waals surface area (Å²) in [6.07, 6.45) is 0. The molecule has 2 aromatic carbocycles. The maximum Gasteiger partial charge on any atom is 0.0486 e. The number of halogens is 2. The summed E-state index contributed by atoms with van der Waals surface area (Å²) in [5.41, 5.74) is 2.38. The highest BCUT2D eigenvalue weighted by Crippen LogP contribution is 2.23. The molecule has 0 fully saturated rings. The summed E-state index contributed by atoms with van der Waals surface area (Å²) in [7, 11) is 0. The third-order valence-electron chi connectivity index (χ3n) is 2.56. The number of hydrogen-bond acceptors (Lipinski definition) is 1. The average Bonchev–Trinajstić information content (AvgIpc) is 2.29. The van der Waals surface area contributed by atoms with Gasteiger partial charge < -0.3 is 5.32 Å². The molecule has 1 unspecified atom stereocenters. The molecule has 2 aromatic rings. The van der Waals surface area contributed by atoms with Crippen LogP contribution in [-0.4, -0.2) is 0 Å². The summed E-state index contributed by atoms with van der Waals surface area (Å²) in [6.45, 7) is 2.16. The molecule has 0 heterocycles. The van der Waals surface area contributed by atoms with Gasteiger partial charge in [-0.05, 0) is 42.8 Å². The third kappa shape index (κ3) is 3.58. The van der Waals surface area contributed by atoms with Gasteiger partial charge in [0.05, 0.1) is 0 Å². The first-order valence-corrected chi connectivity index (χ1v) is 7.01. The number of nitrogens with one attached hydrogen (secondary N) is 1. The molecule has 0 aliphatic heterocycles. The molecular weight excluding hydrogens is 342 g/mol. The molecular formula is C14H13Br2N. The van der Waals surface area contributed by atoms with Crippen molar-refractivity contribution in [3.63, 3.8) is 0 Å². The molecule has 0 aliphatic rings. The minimum atomic E-state index is 0.279. The van der Waals surface area contributed by atoms with Crippen LogP contribution in [0.5, 0.6) is 0 Å². The number of anilines is 1. The Balaban J connectivity index is 2.14. The minimum Gasteiger partial charge on any atom is -0.378 e. The molecule has 0 saturated heterocycles. The SMILES string of the molecule is CC(Nc1cccc(Br)c1)c1cccc(Br)c1. The van der Waals surface area contributed by atoms with Crippen molar-refractivity contribution in [3.05, 3.63) is 63.0 Å². The Morgan fingerprint density at radius 3 is 2.24 bits per heavy atom. The second kappa shape index (κ2) is 5.69. The Morgan fingerprint density at radius 1 is 0.941 bits per heavy atom. The molecule has 0 amide bonds. The van der Waals surface area contributed by atoms with Gasteiger partial charge in [0.1, 0.15) is 0 Å². The van der Waals surface area contributed by atoms with Crippen LogP contribution >= 0.6 is 31.9 Å². The molecule has 0 saturated carbocycles. The van der Waals surface area contributed by atoms with E-state index in [4.69, 9.17) is 0 Å². The second-order valence-corrected chi connectivity index (χ2v) is 5.76. The molecule has 0 bridgehead atoms. The van der Waals surface area contributed by atoms with E-state index in [0.717, 1.165) is 14.6 Å². The third-order valence-corrected chi connectivity index (χ3v) is 3.54. The van der Waals surface area contributed by atoms with E-state index in [1.165, 1.54) is 5.56 Å². The molecule has 2 rings (SSSR count). The minimum absolute atomic E-state index is 0.279. The van der Waals surface area contributed by atoms with Crippen LogP contribution in [0, 0.1) is 0 Å². The van der Waals surface area contributed by atoms with Crippen LogP contribution < -0.4 is 5.32 Å². The van der Waals surface area contributed by atoms with Gasteiger partial charge in [0.15, 0.2) is 0 Å². The molecule has 88 valence electrons. The zero-order valence-electron chi connectivity index (χ0n) is 9.45. The molecule has 3 heteroatoms. The Morgan fingerprint density at radius 2 is 1.59 bits per heavy atom. The first kappa shape index (κ1) is 12.7. The molecule has 1 nitrogen and oxygen atoms in total. The van der Waals surface area contributed by atoms with Gasteiger partial charge in [-0.2, -0.15) is 0 Å². The smallest absolute Gasteiger partial charge is 0.0486 e. The van der Waals surface area contributed by atoms with Crippen LogP contribution in [0.3, 0.4) is 0 Å². The summed E-state index contributed by atoms with van der Waals surface area (Å²) in [6, 6.07) is 16.8. The number of hydrogen-bond donors (Lipinski definition) is 1. The van der Waals surface area contributed by atoms with Crippen molar-refractivity contribution in [2.75, 3.05) is 5.32 Å². The molecule has 0 radical (unpaired) electrons. The van der Waals surface area contributed by atoms with Crippen molar-refractivity contribution in [3.8, 4) is 0 Å². The van der Waals surface area contributed by atoms with E-state index in [2.05, 4.69) is 74.4 Å². The summed E-state index contributed by atoms with van der Waals surface area (Å²) in [5, 5.41) is 3.48. The van der Waals surface area contributed by atoms with Crippen LogP contribution in [0.15, 0.2) is 57.5 Å². The lowest BCUT2D eigenvalue weighted by Crippen LogP contribution is -2.06. The van der Waals surface area contributed by atoms with E-state index in [-0.39, 0.29) is 6.04 Å². The predicted octanol–water partition coefficient (Wildman–Crippen LogP) is 5.38. The fourth-order valence-electron chi connectivity index (χ4n) is 1.69. The molecule has 1 N–H and O–H groups in total. The van der Waals surface area contributed by atoms with Gasteiger partial charge in [-0.3, -0.25) is 0 Å². The monoisotopic (exact) mass is 353 g/mol. The van der Waals surface area contributed by atoms with Crippen LogP contribution in [0.4, 0.5) is 5.69 Å². The van der Waals surface area contributed by atoms with Crippen molar-refractivity contribution in [2.45, 2.75) is 13.0 Å². The summed E-state index contributed by atoms with van der Waals surface area (Å²) in [5.74, 6) is 0. The van der Waals surface area contributed by atoms with E-state index >= 15 is 0 Å². The average molecular weight is 355 g/mol. The van der Waals surface area contributed by atoms with E-state index in [0.29, 0.717) is 0 Å². The highest BCUT2D eigenvalue weighted by molar-refractivity contribution is 9.10. The molecule has 0 aromatic heterocycles. The normalized spacial score (nSPS) is 12.2. The summed E-state index contributed by atoms with van der Waals surface area (Å²) < 4.78 is 2.20. The number of rotatable bonds is 3. The van der Waals surface area contributed by atoms with Crippen molar-refractivity contribution in [2.24, 2.45) is 0 Å². The largest absolute Gasteiger partial charge is 0.378 e. The van der Waals surface area contributed by atoms with Crippen molar-refractivity contribution >= 4 is 37.5 Å². The van der Waals surface area contributed by atoms with Gasteiger partial charge in [-0.25, -0.2) is 0 Å². The highest BCUT2D eigenvalue weighted by Gasteiger charge is 2.05. The lowest BCUT2D eigenvalue weighted by Gasteiger charge is -2.16. The lowest BCUT2D eigenvalue weighted by molar-refractivity contribution is 0.883. The maximum atomic E-state index is 3.49. The number of benzene rings is 2. The maximum absolute atomic E-state index is 3.49. The fraction of sp³-hybridized carbons (Fsp3) is 0.143. The van der Waals surface area contributed by atoms with Crippen molar-refractivity contribution in [1.29, 1.82) is 0 Å². The summed E-state index contributed by atoms with van der Waals surface area (Å²) in [4.78, 5) is 0. The Kier molecular flexibility index (Phi) is 4.24. The van der Waals surface area contributed by atoms with Crippen LogP contribution in [0.2, 0.25) is 0 Å².